The number of rotatable bonds is 5. The average Bonchev–Trinajstić information content (AvgIpc) is 2.82. The molecule has 1 aliphatic carbocycles. The molecule has 1 aromatic rings. The van der Waals surface area contributed by atoms with Gasteiger partial charge in [0.25, 0.3) is 0 Å². The molecule has 0 radical (unpaired) electrons. The Morgan fingerprint density at radius 3 is 2.72 bits per heavy atom. The van der Waals surface area contributed by atoms with Crippen molar-refractivity contribution in [3.05, 3.63) is 18.0 Å². The predicted octanol–water partition coefficient (Wildman–Crippen LogP) is 1.15. The number of ketones is 1. The minimum atomic E-state index is -3.24. The van der Waals surface area contributed by atoms with E-state index < -0.39 is 15.6 Å². The SMILES string of the molecule is CS(=O)(=O)CC(=O)Cc1ccn(C2CCCC2)n1. The second-order valence-electron chi connectivity index (χ2n) is 5.01. The first-order valence-corrected chi connectivity index (χ1v) is 8.23. The Bertz CT molecular complexity index is 527. The van der Waals surface area contributed by atoms with E-state index in [-0.39, 0.29) is 12.2 Å². The van der Waals surface area contributed by atoms with Crippen LogP contribution in [0.5, 0.6) is 0 Å². The van der Waals surface area contributed by atoms with Crippen molar-refractivity contribution < 1.29 is 13.2 Å². The third kappa shape index (κ3) is 3.66. The molecule has 1 aromatic heterocycles. The van der Waals surface area contributed by atoms with E-state index >= 15 is 0 Å². The number of hydrogen-bond donors (Lipinski definition) is 0. The summed E-state index contributed by atoms with van der Waals surface area (Å²) in [6.45, 7) is 0. The molecule has 5 nitrogen and oxygen atoms in total. The monoisotopic (exact) mass is 270 g/mol. The molecule has 0 N–H and O–H groups in total. The lowest BCUT2D eigenvalue weighted by Gasteiger charge is -2.08. The first-order chi connectivity index (χ1) is 8.44. The maximum Gasteiger partial charge on any atom is 0.154 e. The fourth-order valence-electron chi connectivity index (χ4n) is 2.39. The van der Waals surface area contributed by atoms with Gasteiger partial charge in [-0.1, -0.05) is 12.8 Å². The number of carbonyl (C=O) groups is 1. The molecular weight excluding hydrogens is 252 g/mol. The van der Waals surface area contributed by atoms with Crippen molar-refractivity contribution in [1.29, 1.82) is 0 Å². The highest BCUT2D eigenvalue weighted by Gasteiger charge is 2.18. The minimum absolute atomic E-state index is 0.104. The lowest BCUT2D eigenvalue weighted by Crippen LogP contribution is -2.17. The Hall–Kier alpha value is -1.17. The summed E-state index contributed by atoms with van der Waals surface area (Å²) in [5.41, 5.74) is 0.663. The number of sulfone groups is 1. The van der Waals surface area contributed by atoms with Crippen LogP contribution < -0.4 is 0 Å². The van der Waals surface area contributed by atoms with Gasteiger partial charge in [-0.25, -0.2) is 8.42 Å². The fraction of sp³-hybridized carbons (Fsp3) is 0.667. The zero-order valence-electron chi connectivity index (χ0n) is 10.5. The highest BCUT2D eigenvalue weighted by molar-refractivity contribution is 7.91. The molecule has 0 unspecified atom stereocenters. The summed E-state index contributed by atoms with van der Waals surface area (Å²) in [6, 6.07) is 2.25. The van der Waals surface area contributed by atoms with Gasteiger partial charge < -0.3 is 0 Å². The number of aromatic nitrogens is 2. The highest BCUT2D eigenvalue weighted by Crippen LogP contribution is 2.28. The second kappa shape index (κ2) is 5.22. The van der Waals surface area contributed by atoms with E-state index in [2.05, 4.69) is 5.10 Å². The van der Waals surface area contributed by atoms with Gasteiger partial charge >= 0.3 is 0 Å². The molecule has 1 heterocycles. The molecule has 1 aliphatic rings. The molecule has 1 fully saturated rings. The van der Waals surface area contributed by atoms with E-state index in [1.54, 1.807) is 6.07 Å². The number of carbonyl (C=O) groups excluding carboxylic acids is 1. The third-order valence-electron chi connectivity index (χ3n) is 3.16. The summed E-state index contributed by atoms with van der Waals surface area (Å²) >= 11 is 0. The molecule has 0 amide bonds. The summed E-state index contributed by atoms with van der Waals surface area (Å²) in [5, 5.41) is 4.36. The van der Waals surface area contributed by atoms with Crippen molar-refractivity contribution >= 4 is 15.6 Å². The van der Waals surface area contributed by atoms with Crippen LogP contribution in [-0.2, 0) is 21.1 Å². The molecule has 6 heteroatoms. The maximum atomic E-state index is 11.5. The van der Waals surface area contributed by atoms with Crippen molar-refractivity contribution in [2.45, 2.75) is 38.1 Å². The van der Waals surface area contributed by atoms with Crippen LogP contribution in [0.3, 0.4) is 0 Å². The van der Waals surface area contributed by atoms with E-state index in [4.69, 9.17) is 0 Å². The summed E-state index contributed by atoms with van der Waals surface area (Å²) < 4.78 is 23.9. The van der Waals surface area contributed by atoms with E-state index in [0.29, 0.717) is 11.7 Å². The Labute approximate surface area is 107 Å². The van der Waals surface area contributed by atoms with E-state index in [1.807, 2.05) is 10.9 Å². The van der Waals surface area contributed by atoms with E-state index in [1.165, 1.54) is 12.8 Å². The molecule has 0 aliphatic heterocycles. The van der Waals surface area contributed by atoms with Crippen LogP contribution in [0.25, 0.3) is 0 Å². The van der Waals surface area contributed by atoms with Crippen LogP contribution in [0.4, 0.5) is 0 Å². The second-order valence-corrected chi connectivity index (χ2v) is 7.15. The van der Waals surface area contributed by atoms with Crippen molar-refractivity contribution in [3.8, 4) is 0 Å². The van der Waals surface area contributed by atoms with Gasteiger partial charge in [0.1, 0.15) is 5.75 Å². The van der Waals surface area contributed by atoms with Crippen molar-refractivity contribution in [2.75, 3.05) is 12.0 Å². The van der Waals surface area contributed by atoms with Crippen LogP contribution in [0.2, 0.25) is 0 Å². The first-order valence-electron chi connectivity index (χ1n) is 6.17. The van der Waals surface area contributed by atoms with Crippen molar-refractivity contribution in [3.63, 3.8) is 0 Å². The number of nitrogens with zero attached hydrogens (tertiary/aromatic N) is 2. The first kappa shape index (κ1) is 13.3. The molecule has 18 heavy (non-hydrogen) atoms. The predicted molar refractivity (Wildman–Crippen MR) is 68.2 cm³/mol. The minimum Gasteiger partial charge on any atom is -0.298 e. The van der Waals surface area contributed by atoms with E-state index in [0.717, 1.165) is 19.1 Å². The lowest BCUT2D eigenvalue weighted by atomic mass is 10.2. The van der Waals surface area contributed by atoms with Gasteiger partial charge in [-0.2, -0.15) is 5.10 Å². The van der Waals surface area contributed by atoms with Crippen LogP contribution in [0, 0.1) is 0 Å². The summed E-state index contributed by atoms with van der Waals surface area (Å²) in [5.74, 6) is -0.697. The fourth-order valence-corrected chi connectivity index (χ4v) is 3.08. The zero-order valence-corrected chi connectivity index (χ0v) is 11.3. The summed E-state index contributed by atoms with van der Waals surface area (Å²) in [4.78, 5) is 11.5. The molecule has 0 spiro atoms. The molecule has 0 atom stereocenters. The van der Waals surface area contributed by atoms with Crippen molar-refractivity contribution in [2.24, 2.45) is 0 Å². The maximum absolute atomic E-state index is 11.5. The van der Waals surface area contributed by atoms with Crippen LogP contribution in [0.1, 0.15) is 37.4 Å². The molecule has 0 bridgehead atoms. The van der Waals surface area contributed by atoms with Gasteiger partial charge in [-0.05, 0) is 18.9 Å². The lowest BCUT2D eigenvalue weighted by molar-refractivity contribution is -0.116. The largest absolute Gasteiger partial charge is 0.298 e. The Morgan fingerprint density at radius 1 is 1.44 bits per heavy atom. The van der Waals surface area contributed by atoms with Crippen molar-refractivity contribution in [1.82, 2.24) is 9.78 Å². The molecule has 0 saturated heterocycles. The standard InChI is InChI=1S/C12H18N2O3S/c1-18(16,17)9-12(15)8-10-6-7-14(13-10)11-4-2-3-5-11/h6-7,11H,2-5,8-9H2,1H3. The van der Waals surface area contributed by atoms with Crippen LogP contribution in [-0.4, -0.2) is 36.0 Å². The summed E-state index contributed by atoms with van der Waals surface area (Å²) in [7, 11) is -3.24. The number of hydrogen-bond acceptors (Lipinski definition) is 4. The number of Topliss-reactive ketones (excluding diaryl/α,β-unsaturated/α-hetero) is 1. The van der Waals surface area contributed by atoms with Gasteiger partial charge in [0, 0.05) is 12.5 Å². The summed E-state index contributed by atoms with van der Waals surface area (Å²) in [6.07, 6.45) is 7.80. The smallest absolute Gasteiger partial charge is 0.154 e. The Kier molecular flexibility index (Phi) is 3.85. The average molecular weight is 270 g/mol. The van der Waals surface area contributed by atoms with Crippen LogP contribution in [0.15, 0.2) is 12.3 Å². The van der Waals surface area contributed by atoms with Gasteiger partial charge in [-0.15, -0.1) is 0 Å². The Morgan fingerprint density at radius 2 is 2.11 bits per heavy atom. The topological polar surface area (TPSA) is 69.0 Å². The normalized spacial score (nSPS) is 17.2. The zero-order chi connectivity index (χ0) is 13.2. The quantitative estimate of drug-likeness (QED) is 0.805. The van der Waals surface area contributed by atoms with Gasteiger partial charge in [0.2, 0.25) is 0 Å². The molecule has 0 aromatic carbocycles. The third-order valence-corrected chi connectivity index (χ3v) is 4.01. The molecule has 1 saturated carbocycles. The van der Waals surface area contributed by atoms with Gasteiger partial charge in [-0.3, -0.25) is 9.48 Å². The van der Waals surface area contributed by atoms with Crippen LogP contribution >= 0.6 is 0 Å². The molecule has 2 rings (SSSR count). The Balaban J connectivity index is 1.96. The van der Waals surface area contributed by atoms with E-state index in [9.17, 15) is 13.2 Å². The highest BCUT2D eigenvalue weighted by atomic mass is 32.2. The van der Waals surface area contributed by atoms with Gasteiger partial charge in [0.15, 0.2) is 15.6 Å². The molecular formula is C12H18N2O3S. The van der Waals surface area contributed by atoms with Gasteiger partial charge in [0.05, 0.1) is 18.2 Å². The molecule has 100 valence electrons.